The summed E-state index contributed by atoms with van der Waals surface area (Å²) in [6, 6.07) is 16.6. The van der Waals surface area contributed by atoms with E-state index in [1.807, 2.05) is 4.98 Å². The molecule has 2 unspecified atom stereocenters. The fourth-order valence-electron chi connectivity index (χ4n) is 3.94. The molecule has 1 fully saturated rings. The van der Waals surface area contributed by atoms with Gasteiger partial charge in [0.05, 0.1) is 11.1 Å². The Morgan fingerprint density at radius 3 is 2.18 bits per heavy atom. The number of aromatic nitrogens is 2. The van der Waals surface area contributed by atoms with E-state index in [2.05, 4.69) is 10.0 Å². The normalized spacial score (nSPS) is 21.8. The minimum Gasteiger partial charge on any atom is -0.459 e. The van der Waals surface area contributed by atoms with Crippen molar-refractivity contribution >= 4 is 17.9 Å². The maximum atomic E-state index is 13.0. The van der Waals surface area contributed by atoms with Crippen LogP contribution in [-0.4, -0.2) is 52.0 Å². The fraction of sp³-hybridized carbons (Fsp3) is 0.240. The van der Waals surface area contributed by atoms with Crippen molar-refractivity contribution in [1.82, 2.24) is 9.55 Å². The van der Waals surface area contributed by atoms with Crippen molar-refractivity contribution in [3.8, 4) is 0 Å². The van der Waals surface area contributed by atoms with Crippen molar-refractivity contribution in [2.24, 2.45) is 5.11 Å². The van der Waals surface area contributed by atoms with Crippen molar-refractivity contribution in [2.75, 3.05) is 6.61 Å². The van der Waals surface area contributed by atoms with Crippen LogP contribution in [-0.2, 0) is 23.7 Å². The summed E-state index contributed by atoms with van der Waals surface area (Å²) >= 11 is 0. The van der Waals surface area contributed by atoms with Crippen LogP contribution in [0, 0.1) is 0 Å². The first-order valence-electron chi connectivity index (χ1n) is 11.4. The highest BCUT2D eigenvalue weighted by Gasteiger charge is 2.61. The van der Waals surface area contributed by atoms with Crippen LogP contribution in [0.15, 0.2) is 87.6 Å². The lowest BCUT2D eigenvalue weighted by Crippen LogP contribution is -2.49. The number of esters is 3. The van der Waals surface area contributed by atoms with E-state index < -0.39 is 59.9 Å². The lowest BCUT2D eigenvalue weighted by Gasteiger charge is -2.29. The minimum absolute atomic E-state index is 0.114. The van der Waals surface area contributed by atoms with Crippen LogP contribution in [0.25, 0.3) is 10.4 Å². The zero-order valence-corrected chi connectivity index (χ0v) is 20.3. The zero-order chi connectivity index (χ0) is 28.0. The molecule has 1 N–H and O–H groups in total. The molecule has 200 valence electrons. The molecule has 14 heteroatoms. The molecule has 39 heavy (non-hydrogen) atoms. The van der Waals surface area contributed by atoms with Crippen LogP contribution < -0.4 is 11.2 Å². The predicted octanol–water partition coefficient (Wildman–Crippen LogP) is 2.09. The van der Waals surface area contributed by atoms with Crippen LogP contribution in [0.5, 0.6) is 0 Å². The average molecular weight is 535 g/mol. The smallest absolute Gasteiger partial charge is 0.338 e. The Bertz CT molecular complexity index is 1530. The molecule has 1 aliphatic rings. The number of aromatic amines is 1. The lowest BCUT2D eigenvalue weighted by molar-refractivity contribution is -0.166. The highest BCUT2D eigenvalue weighted by atomic mass is 16.7. The third kappa shape index (κ3) is 5.87. The van der Waals surface area contributed by atoms with Crippen LogP contribution in [0.2, 0.25) is 0 Å². The molecule has 4 atom stereocenters. The van der Waals surface area contributed by atoms with E-state index in [1.165, 1.54) is 24.3 Å². The Hall–Kier alpha value is -5.20. The SMILES string of the molecule is CC(=O)O[C@H]1C(OC(=O)c2ccccc2)C(n2ccc(=O)[nH]c2=O)O[C@@]1(COC(=O)c1ccccc1)N=[N+]=[N-]. The monoisotopic (exact) mass is 535 g/mol. The maximum Gasteiger partial charge on any atom is 0.338 e. The lowest BCUT2D eigenvalue weighted by atomic mass is 10.0. The van der Waals surface area contributed by atoms with Gasteiger partial charge in [-0.3, -0.25) is 19.1 Å². The minimum atomic E-state index is -2.28. The second-order valence-corrected chi connectivity index (χ2v) is 8.27. The number of rotatable bonds is 8. The molecule has 0 amide bonds. The van der Waals surface area contributed by atoms with Gasteiger partial charge in [0, 0.05) is 24.1 Å². The number of benzene rings is 2. The van der Waals surface area contributed by atoms with Crippen molar-refractivity contribution < 1.29 is 33.3 Å². The molecule has 1 saturated heterocycles. The van der Waals surface area contributed by atoms with Crippen LogP contribution >= 0.6 is 0 Å². The first-order chi connectivity index (χ1) is 18.7. The third-order valence-electron chi connectivity index (χ3n) is 5.65. The molecule has 2 heterocycles. The van der Waals surface area contributed by atoms with Gasteiger partial charge in [-0.2, -0.15) is 0 Å². The summed E-state index contributed by atoms with van der Waals surface area (Å²) < 4.78 is 23.2. The predicted molar refractivity (Wildman–Crippen MR) is 131 cm³/mol. The van der Waals surface area contributed by atoms with Gasteiger partial charge in [0.15, 0.2) is 18.4 Å². The number of hydrogen-bond donors (Lipinski definition) is 1. The van der Waals surface area contributed by atoms with E-state index in [1.54, 1.807) is 36.4 Å². The Labute approximate surface area is 219 Å². The molecule has 4 rings (SSSR count). The Morgan fingerprint density at radius 1 is 1.00 bits per heavy atom. The molecule has 0 saturated carbocycles. The van der Waals surface area contributed by atoms with Gasteiger partial charge < -0.3 is 18.9 Å². The first kappa shape index (κ1) is 26.9. The molecule has 0 radical (unpaired) electrons. The maximum absolute atomic E-state index is 13.0. The molecule has 3 aromatic rings. The highest BCUT2D eigenvalue weighted by molar-refractivity contribution is 5.90. The molecule has 14 nitrogen and oxygen atoms in total. The summed E-state index contributed by atoms with van der Waals surface area (Å²) in [4.78, 5) is 67.0. The summed E-state index contributed by atoms with van der Waals surface area (Å²) in [5, 5.41) is 3.63. The van der Waals surface area contributed by atoms with E-state index in [4.69, 9.17) is 18.9 Å². The van der Waals surface area contributed by atoms with Crippen LogP contribution in [0.4, 0.5) is 0 Å². The van der Waals surface area contributed by atoms with Gasteiger partial charge in [0.1, 0.15) is 6.61 Å². The number of carbonyl (C=O) groups is 3. The van der Waals surface area contributed by atoms with Gasteiger partial charge in [-0.1, -0.05) is 41.5 Å². The molecule has 1 aromatic heterocycles. The molecular formula is C25H21N5O9. The van der Waals surface area contributed by atoms with Gasteiger partial charge in [-0.15, -0.1) is 0 Å². The number of H-pyrrole nitrogens is 1. The van der Waals surface area contributed by atoms with Crippen LogP contribution in [0.3, 0.4) is 0 Å². The second-order valence-electron chi connectivity index (χ2n) is 8.27. The van der Waals surface area contributed by atoms with Gasteiger partial charge in [-0.25, -0.2) is 14.4 Å². The molecular weight excluding hydrogens is 514 g/mol. The summed E-state index contributed by atoms with van der Waals surface area (Å²) in [6.07, 6.45) is -3.83. The third-order valence-corrected chi connectivity index (χ3v) is 5.65. The largest absolute Gasteiger partial charge is 0.459 e. The van der Waals surface area contributed by atoms with Gasteiger partial charge in [-0.05, 0) is 29.8 Å². The molecule has 0 aliphatic carbocycles. The summed E-state index contributed by atoms with van der Waals surface area (Å²) in [5.41, 5.74) is 5.70. The highest BCUT2D eigenvalue weighted by Crippen LogP contribution is 2.42. The Balaban J connectivity index is 1.79. The number of ether oxygens (including phenoxy) is 4. The molecule has 0 spiro atoms. The number of nitrogens with zero attached hydrogens (tertiary/aromatic N) is 4. The van der Waals surface area contributed by atoms with Gasteiger partial charge in [0.2, 0.25) is 5.72 Å². The van der Waals surface area contributed by atoms with E-state index in [0.717, 1.165) is 23.8 Å². The topological polar surface area (TPSA) is 192 Å². The summed E-state index contributed by atoms with van der Waals surface area (Å²) in [7, 11) is 0. The molecule has 2 aromatic carbocycles. The standard InChI is InChI=1S/C25H21N5O9/c1-15(31)37-20-19(38-23(34)17-10-6-3-7-11-17)21(30-13-12-18(32)27-24(30)35)39-25(20,28-29-26)14-36-22(33)16-8-4-2-5-9-16/h2-13,19-21H,14H2,1H3,(H,27,32,35)/t19?,20-,21?,25+/m0/s1. The Kier molecular flexibility index (Phi) is 7.89. The van der Waals surface area contributed by atoms with Crippen LogP contribution in [0.1, 0.15) is 33.9 Å². The van der Waals surface area contributed by atoms with Crippen molar-refractivity contribution in [2.45, 2.75) is 31.1 Å². The van der Waals surface area contributed by atoms with Crippen molar-refractivity contribution in [3.63, 3.8) is 0 Å². The van der Waals surface area contributed by atoms with E-state index in [9.17, 15) is 29.5 Å². The average Bonchev–Trinajstić information content (AvgIpc) is 3.20. The molecule has 1 aliphatic heterocycles. The van der Waals surface area contributed by atoms with Gasteiger partial charge in [0.25, 0.3) is 5.56 Å². The number of azide groups is 1. The molecule has 0 bridgehead atoms. The number of hydrogen-bond acceptors (Lipinski definition) is 10. The van der Waals surface area contributed by atoms with E-state index in [0.29, 0.717) is 0 Å². The summed E-state index contributed by atoms with van der Waals surface area (Å²) in [5.74, 6) is -2.59. The zero-order valence-electron chi connectivity index (χ0n) is 20.3. The number of nitrogens with one attached hydrogen (secondary N) is 1. The van der Waals surface area contributed by atoms with Crippen molar-refractivity contribution in [3.05, 3.63) is 115 Å². The fourth-order valence-corrected chi connectivity index (χ4v) is 3.94. The second kappa shape index (κ2) is 11.5. The van der Waals surface area contributed by atoms with Gasteiger partial charge >= 0.3 is 23.6 Å². The summed E-state index contributed by atoms with van der Waals surface area (Å²) in [6.45, 7) is 0.253. The Morgan fingerprint density at radius 2 is 1.62 bits per heavy atom. The van der Waals surface area contributed by atoms with E-state index >= 15 is 0 Å². The quantitative estimate of drug-likeness (QED) is 0.148. The van der Waals surface area contributed by atoms with E-state index in [-0.39, 0.29) is 11.1 Å². The first-order valence-corrected chi connectivity index (χ1v) is 11.4. The number of carbonyl (C=O) groups excluding carboxylic acids is 3. The van der Waals surface area contributed by atoms with Crippen molar-refractivity contribution in [1.29, 1.82) is 0 Å².